The number of carbonyl (C=O) groups excluding carboxylic acids is 1. The zero-order valence-electron chi connectivity index (χ0n) is 16.5. The SMILES string of the molecule is CO/C=C/C1CCCN1C(=O)C1=C(C)Nc2cc(Cl)nn2C1c1ccc(Cl)c(Cl)c1. The monoisotopic (exact) mass is 466 g/mol. The molecule has 1 N–H and O–H groups in total. The highest BCUT2D eigenvalue weighted by Crippen LogP contribution is 2.40. The smallest absolute Gasteiger partial charge is 0.254 e. The third kappa shape index (κ3) is 3.80. The summed E-state index contributed by atoms with van der Waals surface area (Å²) < 4.78 is 6.78. The number of aromatic nitrogens is 2. The van der Waals surface area contributed by atoms with Crippen molar-refractivity contribution >= 4 is 46.5 Å². The summed E-state index contributed by atoms with van der Waals surface area (Å²) in [6.45, 7) is 2.56. The number of allylic oxidation sites excluding steroid dienone is 1. The highest BCUT2D eigenvalue weighted by molar-refractivity contribution is 6.42. The molecule has 0 saturated carbocycles. The highest BCUT2D eigenvalue weighted by Gasteiger charge is 2.38. The molecule has 2 aromatic rings. The van der Waals surface area contributed by atoms with E-state index in [4.69, 9.17) is 39.5 Å². The Morgan fingerprint density at radius 1 is 1.27 bits per heavy atom. The molecular weight excluding hydrogens is 447 g/mol. The average Bonchev–Trinajstić information content (AvgIpc) is 3.32. The molecule has 0 bridgehead atoms. The molecule has 2 atom stereocenters. The van der Waals surface area contributed by atoms with Gasteiger partial charge in [-0.05, 0) is 43.5 Å². The molecule has 1 saturated heterocycles. The summed E-state index contributed by atoms with van der Waals surface area (Å²) in [5.74, 6) is 0.652. The number of anilines is 1. The maximum absolute atomic E-state index is 13.8. The first kappa shape index (κ1) is 21.1. The Labute approximate surface area is 190 Å². The van der Waals surface area contributed by atoms with Gasteiger partial charge in [0.1, 0.15) is 11.9 Å². The molecule has 6 nitrogen and oxygen atoms in total. The van der Waals surface area contributed by atoms with Crippen LogP contribution in [-0.4, -0.2) is 40.3 Å². The van der Waals surface area contributed by atoms with Crippen LogP contribution < -0.4 is 5.32 Å². The third-order valence-corrected chi connectivity index (χ3v) is 6.35. The molecule has 30 heavy (non-hydrogen) atoms. The van der Waals surface area contributed by atoms with Gasteiger partial charge >= 0.3 is 0 Å². The van der Waals surface area contributed by atoms with Crippen molar-refractivity contribution in [3.8, 4) is 0 Å². The lowest BCUT2D eigenvalue weighted by Crippen LogP contribution is -2.40. The van der Waals surface area contributed by atoms with Gasteiger partial charge in [0.15, 0.2) is 5.15 Å². The molecule has 4 rings (SSSR count). The number of nitrogens with zero attached hydrogens (tertiary/aromatic N) is 3. The van der Waals surface area contributed by atoms with Gasteiger partial charge in [-0.15, -0.1) is 0 Å². The molecule has 2 aliphatic rings. The zero-order valence-corrected chi connectivity index (χ0v) is 18.8. The summed E-state index contributed by atoms with van der Waals surface area (Å²) >= 11 is 18.6. The van der Waals surface area contributed by atoms with E-state index in [1.54, 1.807) is 36.3 Å². The van der Waals surface area contributed by atoms with E-state index in [2.05, 4.69) is 10.4 Å². The molecule has 1 fully saturated rings. The summed E-state index contributed by atoms with van der Waals surface area (Å²) in [6.07, 6.45) is 5.36. The van der Waals surface area contributed by atoms with Crippen molar-refractivity contribution in [3.63, 3.8) is 0 Å². The molecule has 3 heterocycles. The second-order valence-corrected chi connectivity index (χ2v) is 8.51. The first-order valence-electron chi connectivity index (χ1n) is 9.59. The molecule has 1 amide bonds. The van der Waals surface area contributed by atoms with Crippen molar-refractivity contribution in [2.75, 3.05) is 19.0 Å². The van der Waals surface area contributed by atoms with Crippen molar-refractivity contribution in [2.24, 2.45) is 0 Å². The Morgan fingerprint density at radius 3 is 2.80 bits per heavy atom. The molecule has 0 radical (unpaired) electrons. The first-order valence-corrected chi connectivity index (χ1v) is 10.7. The maximum Gasteiger partial charge on any atom is 0.254 e. The van der Waals surface area contributed by atoms with Crippen LogP contribution in [0.3, 0.4) is 0 Å². The molecule has 9 heteroatoms. The summed E-state index contributed by atoms with van der Waals surface area (Å²) in [4.78, 5) is 15.6. The van der Waals surface area contributed by atoms with Gasteiger partial charge in [0, 0.05) is 18.3 Å². The number of nitrogens with one attached hydrogen (secondary N) is 1. The Balaban J connectivity index is 1.80. The lowest BCUT2D eigenvalue weighted by atomic mass is 9.94. The van der Waals surface area contributed by atoms with E-state index in [0.717, 1.165) is 24.1 Å². The fourth-order valence-electron chi connectivity index (χ4n) is 4.08. The standard InChI is InChI=1S/C21H21Cl3N4O2/c1-12-19(21(29)27-8-3-4-14(27)7-9-30-2)20(13-5-6-15(22)16(23)10-13)28-18(25-12)11-17(24)26-28/h5-7,9-11,14,20,25H,3-4,8H2,1-2H3/b9-7+. The number of fused-ring (bicyclic) bond motifs is 1. The van der Waals surface area contributed by atoms with E-state index < -0.39 is 6.04 Å². The summed E-state index contributed by atoms with van der Waals surface area (Å²) in [7, 11) is 1.60. The Morgan fingerprint density at radius 2 is 2.07 bits per heavy atom. The van der Waals surface area contributed by atoms with E-state index >= 15 is 0 Å². The average molecular weight is 468 g/mol. The number of amides is 1. The molecule has 2 unspecified atom stereocenters. The number of carbonyl (C=O) groups is 1. The molecule has 158 valence electrons. The van der Waals surface area contributed by atoms with E-state index in [-0.39, 0.29) is 11.9 Å². The van der Waals surface area contributed by atoms with Gasteiger partial charge in [-0.3, -0.25) is 4.79 Å². The van der Waals surface area contributed by atoms with E-state index in [1.165, 1.54) is 0 Å². The predicted octanol–water partition coefficient (Wildman–Crippen LogP) is 5.28. The molecule has 2 aliphatic heterocycles. The summed E-state index contributed by atoms with van der Waals surface area (Å²) in [5, 5.41) is 8.90. The van der Waals surface area contributed by atoms with Crippen LogP contribution in [-0.2, 0) is 9.53 Å². The van der Waals surface area contributed by atoms with Crippen molar-refractivity contribution in [1.82, 2.24) is 14.7 Å². The van der Waals surface area contributed by atoms with Crippen LogP contribution in [0.5, 0.6) is 0 Å². The number of halogens is 3. The minimum absolute atomic E-state index is 0.0187. The van der Waals surface area contributed by atoms with Gasteiger partial charge in [-0.2, -0.15) is 5.10 Å². The largest absolute Gasteiger partial charge is 0.505 e. The lowest BCUT2D eigenvalue weighted by Gasteiger charge is -2.33. The number of benzene rings is 1. The van der Waals surface area contributed by atoms with Crippen LogP contribution in [0.1, 0.15) is 31.4 Å². The van der Waals surface area contributed by atoms with E-state index in [9.17, 15) is 4.79 Å². The van der Waals surface area contributed by atoms with Gasteiger partial charge in [0.2, 0.25) is 0 Å². The minimum Gasteiger partial charge on any atom is -0.505 e. The Kier molecular flexibility index (Phi) is 6.00. The van der Waals surface area contributed by atoms with Crippen molar-refractivity contribution in [1.29, 1.82) is 0 Å². The Bertz CT molecular complexity index is 1050. The predicted molar refractivity (Wildman–Crippen MR) is 119 cm³/mol. The molecule has 1 aromatic carbocycles. The molecule has 1 aromatic heterocycles. The second-order valence-electron chi connectivity index (χ2n) is 7.31. The number of hydrogen-bond acceptors (Lipinski definition) is 4. The number of methoxy groups -OCH3 is 1. The van der Waals surface area contributed by atoms with Gasteiger partial charge in [-0.1, -0.05) is 40.9 Å². The van der Waals surface area contributed by atoms with Gasteiger partial charge < -0.3 is 15.0 Å². The van der Waals surface area contributed by atoms with Crippen molar-refractivity contribution in [2.45, 2.75) is 31.8 Å². The van der Waals surface area contributed by atoms with Crippen LogP contribution in [0.25, 0.3) is 0 Å². The van der Waals surface area contributed by atoms with Gasteiger partial charge in [0.25, 0.3) is 5.91 Å². The van der Waals surface area contributed by atoms with Crippen molar-refractivity contribution in [3.05, 3.63) is 68.6 Å². The lowest BCUT2D eigenvalue weighted by molar-refractivity contribution is -0.127. The van der Waals surface area contributed by atoms with Crippen LogP contribution in [0.4, 0.5) is 5.82 Å². The fraction of sp³-hybridized carbons (Fsp3) is 0.333. The number of hydrogen-bond donors (Lipinski definition) is 1. The second kappa shape index (κ2) is 8.53. The topological polar surface area (TPSA) is 59.4 Å². The highest BCUT2D eigenvalue weighted by atomic mass is 35.5. The normalized spacial score (nSPS) is 21.2. The zero-order chi connectivity index (χ0) is 21.4. The molecular formula is C21H21Cl3N4O2. The van der Waals surface area contributed by atoms with Gasteiger partial charge in [0.05, 0.1) is 35.0 Å². The third-order valence-electron chi connectivity index (χ3n) is 5.43. The molecule has 0 spiro atoms. The van der Waals surface area contributed by atoms with Crippen LogP contribution >= 0.6 is 34.8 Å². The first-order chi connectivity index (χ1) is 14.4. The maximum atomic E-state index is 13.8. The summed E-state index contributed by atoms with van der Waals surface area (Å²) in [5.41, 5.74) is 2.15. The van der Waals surface area contributed by atoms with E-state index in [0.29, 0.717) is 33.1 Å². The molecule has 0 aliphatic carbocycles. The van der Waals surface area contributed by atoms with Crippen LogP contribution in [0, 0.1) is 0 Å². The van der Waals surface area contributed by atoms with E-state index in [1.807, 2.05) is 24.0 Å². The quantitative estimate of drug-likeness (QED) is 0.621. The fourth-order valence-corrected chi connectivity index (χ4v) is 4.57. The van der Waals surface area contributed by atoms with Crippen LogP contribution in [0.2, 0.25) is 15.2 Å². The number of ether oxygens (including phenoxy) is 1. The number of likely N-dealkylation sites (tertiary alicyclic amines) is 1. The summed E-state index contributed by atoms with van der Waals surface area (Å²) in [6, 6.07) is 6.58. The van der Waals surface area contributed by atoms with Crippen LogP contribution in [0.15, 0.2) is 47.9 Å². The minimum atomic E-state index is -0.483. The van der Waals surface area contributed by atoms with Gasteiger partial charge in [-0.25, -0.2) is 4.68 Å². The Hall–Kier alpha value is -2.15. The number of rotatable bonds is 4. The van der Waals surface area contributed by atoms with Crippen molar-refractivity contribution < 1.29 is 9.53 Å².